The molecule has 0 amide bonds. The molecule has 0 fully saturated rings. The van der Waals surface area contributed by atoms with Gasteiger partial charge in [0.05, 0.1) is 5.41 Å². The van der Waals surface area contributed by atoms with Gasteiger partial charge in [0.1, 0.15) is 0 Å². The molecule has 0 unspecified atom stereocenters. The average molecular weight is 439 g/mol. The van der Waals surface area contributed by atoms with Crippen molar-refractivity contribution in [3.05, 3.63) is 155 Å². The molecule has 0 N–H and O–H groups in total. The molecule has 0 heteroatoms. The summed E-state index contributed by atoms with van der Waals surface area (Å²) in [4.78, 5) is 0. The number of hydrogen-bond donors (Lipinski definition) is 0. The summed E-state index contributed by atoms with van der Waals surface area (Å²) in [6, 6.07) is 44.9. The van der Waals surface area contributed by atoms with Crippen LogP contribution in [0.2, 0.25) is 0 Å². The molecule has 0 nitrogen and oxygen atoms in total. The number of benzene rings is 5. The third-order valence-corrected chi connectivity index (χ3v) is 7.12. The minimum atomic E-state index is -0.349. The standard InChI is InChI=1S/C33H26.CH4/c1-23-12-17-27(18-13-23)33(28-19-14-24(2)15-20-28)31-11-7-6-10-29(31)30-21-16-26(22-32(30)33)25-8-4-3-5-9-25;/h3-22H,1-2H3;1H4. The maximum atomic E-state index is 2.42. The summed E-state index contributed by atoms with van der Waals surface area (Å²) >= 11 is 0. The smallest absolute Gasteiger partial charge is 0.0713 e. The van der Waals surface area contributed by atoms with E-state index in [4.69, 9.17) is 0 Å². The average Bonchev–Trinajstić information content (AvgIpc) is 3.16. The van der Waals surface area contributed by atoms with Crippen LogP contribution in [0.4, 0.5) is 0 Å². The zero-order valence-electron chi connectivity index (χ0n) is 19.0. The second-order valence-corrected chi connectivity index (χ2v) is 9.15. The van der Waals surface area contributed by atoms with Crippen molar-refractivity contribution in [2.24, 2.45) is 0 Å². The minimum Gasteiger partial charge on any atom is -0.0776 e. The molecule has 0 saturated heterocycles. The van der Waals surface area contributed by atoms with Crippen LogP contribution in [0.5, 0.6) is 0 Å². The molecule has 0 saturated carbocycles. The van der Waals surface area contributed by atoms with Gasteiger partial charge in [0, 0.05) is 0 Å². The third kappa shape index (κ3) is 3.22. The molecule has 0 aromatic heterocycles. The van der Waals surface area contributed by atoms with Crippen LogP contribution in [-0.2, 0) is 5.41 Å². The van der Waals surface area contributed by atoms with Gasteiger partial charge in [-0.2, -0.15) is 0 Å². The predicted octanol–water partition coefficient (Wildman–Crippen LogP) is 8.97. The van der Waals surface area contributed by atoms with E-state index in [9.17, 15) is 0 Å². The van der Waals surface area contributed by atoms with E-state index in [2.05, 4.69) is 135 Å². The number of rotatable bonds is 3. The summed E-state index contributed by atoms with van der Waals surface area (Å²) in [5.74, 6) is 0. The number of fused-ring (bicyclic) bond motifs is 3. The lowest BCUT2D eigenvalue weighted by atomic mass is 9.67. The molecule has 5 aromatic carbocycles. The zero-order chi connectivity index (χ0) is 22.4. The van der Waals surface area contributed by atoms with E-state index in [1.807, 2.05) is 0 Å². The van der Waals surface area contributed by atoms with Gasteiger partial charge in [0.15, 0.2) is 0 Å². The first-order valence-electron chi connectivity index (χ1n) is 11.6. The van der Waals surface area contributed by atoms with Gasteiger partial charge in [-0.05, 0) is 64.4 Å². The van der Waals surface area contributed by atoms with Crippen LogP contribution in [0.1, 0.15) is 40.8 Å². The van der Waals surface area contributed by atoms with Gasteiger partial charge >= 0.3 is 0 Å². The first kappa shape index (κ1) is 21.9. The summed E-state index contributed by atoms with van der Waals surface area (Å²) in [5, 5.41) is 0. The molecule has 34 heavy (non-hydrogen) atoms. The Bertz CT molecular complexity index is 1390. The van der Waals surface area contributed by atoms with E-state index in [-0.39, 0.29) is 12.8 Å². The van der Waals surface area contributed by atoms with Crippen LogP contribution < -0.4 is 0 Å². The molecule has 1 aliphatic rings. The van der Waals surface area contributed by atoms with Gasteiger partial charge in [-0.15, -0.1) is 0 Å². The highest BCUT2D eigenvalue weighted by atomic mass is 14.5. The van der Waals surface area contributed by atoms with Crippen molar-refractivity contribution in [2.75, 3.05) is 0 Å². The normalized spacial score (nSPS) is 13.0. The van der Waals surface area contributed by atoms with Crippen LogP contribution in [0, 0.1) is 13.8 Å². The van der Waals surface area contributed by atoms with Crippen molar-refractivity contribution >= 4 is 0 Å². The minimum absolute atomic E-state index is 0. The van der Waals surface area contributed by atoms with Crippen LogP contribution in [0.15, 0.2) is 121 Å². The number of aryl methyl sites for hydroxylation is 2. The first-order chi connectivity index (χ1) is 16.2. The van der Waals surface area contributed by atoms with E-state index in [0.717, 1.165) is 0 Å². The Labute approximate surface area is 203 Å². The highest BCUT2D eigenvalue weighted by Gasteiger charge is 2.46. The van der Waals surface area contributed by atoms with Crippen molar-refractivity contribution in [1.82, 2.24) is 0 Å². The zero-order valence-corrected chi connectivity index (χ0v) is 19.0. The third-order valence-electron chi connectivity index (χ3n) is 7.12. The lowest BCUT2D eigenvalue weighted by Crippen LogP contribution is -2.28. The molecule has 5 aromatic rings. The van der Waals surface area contributed by atoms with Crippen LogP contribution in [0.3, 0.4) is 0 Å². The van der Waals surface area contributed by atoms with E-state index in [1.54, 1.807) is 0 Å². The lowest BCUT2D eigenvalue weighted by molar-refractivity contribution is 0.768. The molecule has 0 radical (unpaired) electrons. The molecule has 166 valence electrons. The molecule has 0 bridgehead atoms. The largest absolute Gasteiger partial charge is 0.0776 e. The topological polar surface area (TPSA) is 0 Å². The predicted molar refractivity (Wildman–Crippen MR) is 145 cm³/mol. The van der Waals surface area contributed by atoms with Crippen LogP contribution in [-0.4, -0.2) is 0 Å². The quantitative estimate of drug-likeness (QED) is 0.259. The maximum Gasteiger partial charge on any atom is 0.0713 e. The fraction of sp³-hybridized carbons (Fsp3) is 0.118. The van der Waals surface area contributed by atoms with Gasteiger partial charge in [-0.3, -0.25) is 0 Å². The van der Waals surface area contributed by atoms with Crippen molar-refractivity contribution < 1.29 is 0 Å². The SMILES string of the molecule is C.Cc1ccc(C2(c3ccc(C)cc3)c3ccccc3-c3ccc(-c4ccccc4)cc32)cc1. The molecule has 0 aliphatic heterocycles. The number of hydrogen-bond acceptors (Lipinski definition) is 0. The first-order valence-corrected chi connectivity index (χ1v) is 11.6. The fourth-order valence-electron chi connectivity index (χ4n) is 5.49. The Balaban J connectivity index is 0.00000241. The highest BCUT2D eigenvalue weighted by molar-refractivity contribution is 5.88. The van der Waals surface area contributed by atoms with E-state index in [0.29, 0.717) is 0 Å². The Hall–Kier alpha value is -3.90. The van der Waals surface area contributed by atoms with Crippen molar-refractivity contribution in [2.45, 2.75) is 26.7 Å². The molecular formula is C34H30. The van der Waals surface area contributed by atoms with Crippen molar-refractivity contribution in [3.63, 3.8) is 0 Å². The maximum absolute atomic E-state index is 2.42. The van der Waals surface area contributed by atoms with Gasteiger partial charge in [-0.25, -0.2) is 0 Å². The van der Waals surface area contributed by atoms with E-state index >= 15 is 0 Å². The van der Waals surface area contributed by atoms with Crippen molar-refractivity contribution in [3.8, 4) is 22.3 Å². The Morgan fingerprint density at radius 1 is 0.441 bits per heavy atom. The summed E-state index contributed by atoms with van der Waals surface area (Å²) in [5.41, 5.74) is 12.7. The summed E-state index contributed by atoms with van der Waals surface area (Å²) < 4.78 is 0. The monoisotopic (exact) mass is 438 g/mol. The summed E-state index contributed by atoms with van der Waals surface area (Å²) in [6.07, 6.45) is 0. The van der Waals surface area contributed by atoms with Crippen molar-refractivity contribution in [1.29, 1.82) is 0 Å². The van der Waals surface area contributed by atoms with Gasteiger partial charge in [0.2, 0.25) is 0 Å². The van der Waals surface area contributed by atoms with Gasteiger partial charge in [-0.1, -0.05) is 134 Å². The summed E-state index contributed by atoms with van der Waals surface area (Å²) in [7, 11) is 0. The molecular weight excluding hydrogens is 408 g/mol. The van der Waals surface area contributed by atoms with Crippen LogP contribution >= 0.6 is 0 Å². The second kappa shape index (κ2) is 8.47. The van der Waals surface area contributed by atoms with E-state index in [1.165, 1.54) is 55.6 Å². The fourth-order valence-corrected chi connectivity index (χ4v) is 5.49. The van der Waals surface area contributed by atoms with Gasteiger partial charge in [0.25, 0.3) is 0 Å². The highest BCUT2D eigenvalue weighted by Crippen LogP contribution is 2.56. The molecule has 0 atom stereocenters. The molecule has 1 aliphatic carbocycles. The summed E-state index contributed by atoms with van der Waals surface area (Å²) in [6.45, 7) is 4.32. The van der Waals surface area contributed by atoms with E-state index < -0.39 is 0 Å². The Morgan fingerprint density at radius 3 is 1.59 bits per heavy atom. The Morgan fingerprint density at radius 2 is 0.971 bits per heavy atom. The van der Waals surface area contributed by atoms with Gasteiger partial charge < -0.3 is 0 Å². The second-order valence-electron chi connectivity index (χ2n) is 9.15. The Kier molecular flexibility index (Phi) is 5.46. The molecule has 6 rings (SSSR count). The lowest BCUT2D eigenvalue weighted by Gasteiger charge is -2.34. The molecule has 0 heterocycles. The van der Waals surface area contributed by atoms with Crippen LogP contribution in [0.25, 0.3) is 22.3 Å². The molecule has 0 spiro atoms.